The first-order valence-corrected chi connectivity index (χ1v) is 8.22. The fourth-order valence-electron chi connectivity index (χ4n) is 3.07. The first-order valence-electron chi connectivity index (χ1n) is 8.22. The Labute approximate surface area is 128 Å². The second-order valence-corrected chi connectivity index (χ2v) is 6.52. The van der Waals surface area contributed by atoms with Crippen molar-refractivity contribution in [1.82, 2.24) is 5.32 Å². The number of aliphatic hydroxyl groups excluding tert-OH is 1. The van der Waals surface area contributed by atoms with Gasteiger partial charge in [-0.3, -0.25) is 0 Å². The van der Waals surface area contributed by atoms with Gasteiger partial charge in [-0.25, -0.2) is 0 Å². The van der Waals surface area contributed by atoms with Crippen molar-refractivity contribution in [2.75, 3.05) is 6.61 Å². The van der Waals surface area contributed by atoms with Crippen LogP contribution in [0.15, 0.2) is 24.3 Å². The van der Waals surface area contributed by atoms with E-state index in [4.69, 9.17) is 4.74 Å². The summed E-state index contributed by atoms with van der Waals surface area (Å²) in [5, 5.41) is 12.9. The molecule has 1 fully saturated rings. The molecule has 1 atom stereocenters. The van der Waals surface area contributed by atoms with E-state index in [2.05, 4.69) is 36.5 Å². The molecule has 0 spiro atoms. The highest BCUT2D eigenvalue weighted by Crippen LogP contribution is 2.26. The highest BCUT2D eigenvalue weighted by molar-refractivity contribution is 5.29. The van der Waals surface area contributed by atoms with Crippen LogP contribution in [0.4, 0.5) is 0 Å². The molecule has 2 rings (SSSR count). The second kappa shape index (κ2) is 7.81. The molecule has 3 nitrogen and oxygen atoms in total. The molecule has 1 unspecified atom stereocenters. The predicted octanol–water partition coefficient (Wildman–Crippen LogP) is 3.68. The van der Waals surface area contributed by atoms with Gasteiger partial charge < -0.3 is 15.2 Å². The van der Waals surface area contributed by atoms with Crippen LogP contribution < -0.4 is 10.1 Å². The van der Waals surface area contributed by atoms with E-state index in [0.29, 0.717) is 24.6 Å². The van der Waals surface area contributed by atoms with Crippen LogP contribution in [0.3, 0.4) is 0 Å². The molecule has 1 aromatic carbocycles. The summed E-state index contributed by atoms with van der Waals surface area (Å²) in [5.74, 6) is 1.45. The zero-order valence-electron chi connectivity index (χ0n) is 13.5. The number of aliphatic hydroxyl groups is 1. The molecule has 1 aliphatic carbocycles. The quantitative estimate of drug-likeness (QED) is 0.840. The summed E-state index contributed by atoms with van der Waals surface area (Å²) >= 11 is 0. The average Bonchev–Trinajstić information content (AvgIpc) is 2.48. The maximum Gasteiger partial charge on any atom is 0.119 e. The third-order valence-electron chi connectivity index (χ3n) is 4.34. The van der Waals surface area contributed by atoms with Crippen LogP contribution in [-0.4, -0.2) is 23.9 Å². The van der Waals surface area contributed by atoms with Gasteiger partial charge in [0.2, 0.25) is 0 Å². The topological polar surface area (TPSA) is 41.5 Å². The van der Waals surface area contributed by atoms with E-state index >= 15 is 0 Å². The van der Waals surface area contributed by atoms with Gasteiger partial charge in [0.1, 0.15) is 5.75 Å². The number of benzene rings is 1. The summed E-state index contributed by atoms with van der Waals surface area (Å²) in [4.78, 5) is 0. The lowest BCUT2D eigenvalue weighted by atomic mass is 9.86. The summed E-state index contributed by atoms with van der Waals surface area (Å²) in [6.07, 6.45) is 4.84. The molecule has 2 N–H and O–H groups in total. The lowest BCUT2D eigenvalue weighted by molar-refractivity contribution is 0.172. The minimum absolute atomic E-state index is 0.216. The smallest absolute Gasteiger partial charge is 0.119 e. The molecule has 0 saturated heterocycles. The van der Waals surface area contributed by atoms with Crippen molar-refractivity contribution in [3.8, 4) is 5.75 Å². The Bertz CT molecular complexity index is 408. The number of ether oxygens (including phenoxy) is 1. The molecular formula is C18H29NO2. The van der Waals surface area contributed by atoms with Crippen molar-refractivity contribution in [2.45, 2.75) is 64.6 Å². The van der Waals surface area contributed by atoms with E-state index in [9.17, 15) is 5.11 Å². The molecule has 0 amide bonds. The molecule has 0 bridgehead atoms. The summed E-state index contributed by atoms with van der Waals surface area (Å²) in [6, 6.07) is 9.33. The Morgan fingerprint density at radius 3 is 2.24 bits per heavy atom. The van der Waals surface area contributed by atoms with Crippen LogP contribution in [-0.2, 0) is 0 Å². The SMILES string of the molecule is CC(C)Oc1ccc(C(C)NC2CCC(CO)CC2)cc1. The van der Waals surface area contributed by atoms with Crippen LogP contribution >= 0.6 is 0 Å². The van der Waals surface area contributed by atoms with E-state index < -0.39 is 0 Å². The lowest BCUT2D eigenvalue weighted by Crippen LogP contribution is -2.35. The van der Waals surface area contributed by atoms with Crippen molar-refractivity contribution >= 4 is 0 Å². The fourth-order valence-corrected chi connectivity index (χ4v) is 3.07. The van der Waals surface area contributed by atoms with Crippen LogP contribution in [0.5, 0.6) is 5.75 Å². The Morgan fingerprint density at radius 1 is 1.10 bits per heavy atom. The van der Waals surface area contributed by atoms with Gasteiger partial charge in [-0.1, -0.05) is 12.1 Å². The standard InChI is InChI=1S/C18H29NO2/c1-13(2)21-18-10-6-16(7-11-18)14(3)19-17-8-4-15(12-20)5-9-17/h6-7,10-11,13-15,17,19-20H,4-5,8-9,12H2,1-3H3. The lowest BCUT2D eigenvalue weighted by Gasteiger charge is -2.30. The van der Waals surface area contributed by atoms with Gasteiger partial charge in [0.05, 0.1) is 6.10 Å². The summed E-state index contributed by atoms with van der Waals surface area (Å²) in [7, 11) is 0. The zero-order valence-corrected chi connectivity index (χ0v) is 13.5. The van der Waals surface area contributed by atoms with Gasteiger partial charge in [-0.15, -0.1) is 0 Å². The Balaban J connectivity index is 1.84. The molecule has 1 saturated carbocycles. The van der Waals surface area contributed by atoms with Crippen molar-refractivity contribution in [3.63, 3.8) is 0 Å². The number of rotatable bonds is 6. The zero-order chi connectivity index (χ0) is 15.2. The van der Waals surface area contributed by atoms with E-state index in [1.807, 2.05) is 13.8 Å². The molecular weight excluding hydrogens is 262 g/mol. The molecule has 118 valence electrons. The van der Waals surface area contributed by atoms with Crippen molar-refractivity contribution in [3.05, 3.63) is 29.8 Å². The number of hydrogen-bond donors (Lipinski definition) is 2. The van der Waals surface area contributed by atoms with Gasteiger partial charge in [0, 0.05) is 18.7 Å². The van der Waals surface area contributed by atoms with Gasteiger partial charge in [0.15, 0.2) is 0 Å². The number of nitrogens with one attached hydrogen (secondary N) is 1. The molecule has 21 heavy (non-hydrogen) atoms. The Morgan fingerprint density at radius 2 is 1.71 bits per heavy atom. The van der Waals surface area contributed by atoms with Crippen LogP contribution in [0, 0.1) is 5.92 Å². The first-order chi connectivity index (χ1) is 10.1. The minimum Gasteiger partial charge on any atom is -0.491 e. The third-order valence-corrected chi connectivity index (χ3v) is 4.34. The van der Waals surface area contributed by atoms with E-state index in [1.54, 1.807) is 0 Å². The van der Waals surface area contributed by atoms with Crippen molar-refractivity contribution in [1.29, 1.82) is 0 Å². The first kappa shape index (κ1) is 16.3. The van der Waals surface area contributed by atoms with Crippen molar-refractivity contribution < 1.29 is 9.84 Å². The van der Waals surface area contributed by atoms with Crippen molar-refractivity contribution in [2.24, 2.45) is 5.92 Å². The normalized spacial score (nSPS) is 24.0. The predicted molar refractivity (Wildman–Crippen MR) is 86.6 cm³/mol. The monoisotopic (exact) mass is 291 g/mol. The van der Waals surface area contributed by atoms with E-state index in [-0.39, 0.29) is 6.10 Å². The Kier molecular flexibility index (Phi) is 6.07. The van der Waals surface area contributed by atoms with E-state index in [0.717, 1.165) is 18.6 Å². The van der Waals surface area contributed by atoms with Gasteiger partial charge in [0.25, 0.3) is 0 Å². The molecule has 0 aliphatic heterocycles. The maximum atomic E-state index is 9.19. The maximum absolute atomic E-state index is 9.19. The highest BCUT2D eigenvalue weighted by atomic mass is 16.5. The largest absolute Gasteiger partial charge is 0.491 e. The third kappa shape index (κ3) is 5.01. The molecule has 0 radical (unpaired) electrons. The average molecular weight is 291 g/mol. The van der Waals surface area contributed by atoms with Crippen LogP contribution in [0.25, 0.3) is 0 Å². The second-order valence-electron chi connectivity index (χ2n) is 6.52. The molecule has 0 aromatic heterocycles. The number of hydrogen-bond acceptors (Lipinski definition) is 3. The molecule has 1 aromatic rings. The summed E-state index contributed by atoms with van der Waals surface area (Å²) < 4.78 is 5.68. The highest BCUT2D eigenvalue weighted by Gasteiger charge is 2.21. The van der Waals surface area contributed by atoms with Crippen LogP contribution in [0.2, 0.25) is 0 Å². The summed E-state index contributed by atoms with van der Waals surface area (Å²) in [6.45, 7) is 6.65. The molecule has 0 heterocycles. The Hall–Kier alpha value is -1.06. The van der Waals surface area contributed by atoms with Gasteiger partial charge >= 0.3 is 0 Å². The molecule has 1 aliphatic rings. The van der Waals surface area contributed by atoms with Gasteiger partial charge in [-0.2, -0.15) is 0 Å². The van der Waals surface area contributed by atoms with Gasteiger partial charge in [-0.05, 0) is 70.1 Å². The summed E-state index contributed by atoms with van der Waals surface area (Å²) in [5.41, 5.74) is 1.30. The fraction of sp³-hybridized carbons (Fsp3) is 0.667. The molecule has 3 heteroatoms. The minimum atomic E-state index is 0.216. The van der Waals surface area contributed by atoms with E-state index in [1.165, 1.54) is 18.4 Å². The van der Waals surface area contributed by atoms with Crippen LogP contribution in [0.1, 0.15) is 58.1 Å².